The van der Waals surface area contributed by atoms with Crippen LogP contribution in [0.25, 0.3) is 11.4 Å². The molecule has 6 heteroatoms. The number of piperidine rings is 1. The first kappa shape index (κ1) is 18.3. The summed E-state index contributed by atoms with van der Waals surface area (Å²) < 4.78 is 7.72. The van der Waals surface area contributed by atoms with Crippen molar-refractivity contribution in [3.05, 3.63) is 54.0 Å². The van der Waals surface area contributed by atoms with E-state index in [2.05, 4.69) is 43.9 Å². The highest BCUT2D eigenvalue weighted by Crippen LogP contribution is 2.28. The Kier molecular flexibility index (Phi) is 5.94. The maximum Gasteiger partial charge on any atom is 0.191 e. The molecule has 0 N–H and O–H groups in total. The van der Waals surface area contributed by atoms with Gasteiger partial charge >= 0.3 is 0 Å². The van der Waals surface area contributed by atoms with E-state index in [1.54, 1.807) is 18.0 Å². The quantitative estimate of drug-likeness (QED) is 0.564. The van der Waals surface area contributed by atoms with Crippen LogP contribution in [-0.4, -0.2) is 45.1 Å². The maximum atomic E-state index is 5.50. The number of furan rings is 1. The van der Waals surface area contributed by atoms with Crippen molar-refractivity contribution in [3.63, 3.8) is 0 Å². The monoisotopic (exact) mass is 382 g/mol. The van der Waals surface area contributed by atoms with Crippen LogP contribution in [0, 0.1) is 6.92 Å². The van der Waals surface area contributed by atoms with E-state index in [9.17, 15) is 0 Å². The van der Waals surface area contributed by atoms with Gasteiger partial charge in [0, 0.05) is 12.3 Å². The first-order valence-electron chi connectivity index (χ1n) is 9.68. The summed E-state index contributed by atoms with van der Waals surface area (Å²) in [5, 5.41) is 9.99. The summed E-state index contributed by atoms with van der Waals surface area (Å²) >= 11 is 1.80. The zero-order chi connectivity index (χ0) is 18.5. The summed E-state index contributed by atoms with van der Waals surface area (Å²) in [7, 11) is 0. The Balaban J connectivity index is 1.53. The molecular weight excluding hydrogens is 356 g/mol. The van der Waals surface area contributed by atoms with Gasteiger partial charge in [-0.15, -0.1) is 10.2 Å². The van der Waals surface area contributed by atoms with Crippen LogP contribution >= 0.6 is 11.8 Å². The van der Waals surface area contributed by atoms with Gasteiger partial charge in [-0.3, -0.25) is 4.57 Å². The number of aryl methyl sites for hydroxylation is 1. The lowest BCUT2D eigenvalue weighted by Crippen LogP contribution is -2.31. The lowest BCUT2D eigenvalue weighted by molar-refractivity contribution is 0.242. The van der Waals surface area contributed by atoms with Crippen LogP contribution in [-0.2, 0) is 6.54 Å². The van der Waals surface area contributed by atoms with Crippen molar-refractivity contribution < 1.29 is 4.42 Å². The van der Waals surface area contributed by atoms with Crippen molar-refractivity contribution in [2.24, 2.45) is 0 Å². The van der Waals surface area contributed by atoms with Gasteiger partial charge in [0.25, 0.3) is 0 Å². The van der Waals surface area contributed by atoms with Gasteiger partial charge in [-0.05, 0) is 44.5 Å². The van der Waals surface area contributed by atoms with E-state index >= 15 is 0 Å². The zero-order valence-electron chi connectivity index (χ0n) is 15.8. The zero-order valence-corrected chi connectivity index (χ0v) is 16.6. The summed E-state index contributed by atoms with van der Waals surface area (Å²) in [6.45, 7) is 6.32. The largest absolute Gasteiger partial charge is 0.469 e. The van der Waals surface area contributed by atoms with Crippen LogP contribution in [0.1, 0.15) is 30.6 Å². The molecule has 142 valence electrons. The number of aromatic nitrogens is 3. The van der Waals surface area contributed by atoms with Crippen molar-refractivity contribution >= 4 is 11.8 Å². The number of benzene rings is 1. The second-order valence-corrected chi connectivity index (χ2v) is 8.08. The molecule has 4 rings (SSSR count). The summed E-state index contributed by atoms with van der Waals surface area (Å²) in [6.07, 6.45) is 5.76. The number of nitrogens with zero attached hydrogens (tertiary/aromatic N) is 4. The molecule has 1 aliphatic rings. The van der Waals surface area contributed by atoms with Gasteiger partial charge in [0.15, 0.2) is 11.0 Å². The minimum Gasteiger partial charge on any atom is -0.469 e. The number of hydrogen-bond donors (Lipinski definition) is 0. The highest BCUT2D eigenvalue weighted by molar-refractivity contribution is 7.99. The molecule has 0 spiro atoms. The van der Waals surface area contributed by atoms with Crippen LogP contribution in [0.15, 0.2) is 52.2 Å². The predicted octanol–water partition coefficient (Wildman–Crippen LogP) is 4.47. The van der Waals surface area contributed by atoms with Crippen molar-refractivity contribution in [1.82, 2.24) is 19.7 Å². The van der Waals surface area contributed by atoms with Crippen LogP contribution in [0.3, 0.4) is 0 Å². The van der Waals surface area contributed by atoms with E-state index in [1.165, 1.54) is 37.9 Å². The Morgan fingerprint density at radius 1 is 1.04 bits per heavy atom. The van der Waals surface area contributed by atoms with Gasteiger partial charge in [0.05, 0.1) is 18.4 Å². The smallest absolute Gasteiger partial charge is 0.191 e. The van der Waals surface area contributed by atoms with Gasteiger partial charge in [-0.25, -0.2) is 0 Å². The van der Waals surface area contributed by atoms with Crippen molar-refractivity contribution in [1.29, 1.82) is 0 Å². The SMILES string of the molecule is Cc1occc1-c1nnc(SCCN2CCCCC2)n1Cc1ccccc1. The Labute approximate surface area is 164 Å². The molecule has 0 atom stereocenters. The fraction of sp³-hybridized carbons (Fsp3) is 0.429. The molecule has 27 heavy (non-hydrogen) atoms. The third-order valence-electron chi connectivity index (χ3n) is 5.09. The van der Waals surface area contributed by atoms with Crippen LogP contribution in [0.4, 0.5) is 0 Å². The molecule has 1 saturated heterocycles. The summed E-state index contributed by atoms with van der Waals surface area (Å²) in [5.41, 5.74) is 2.26. The molecule has 1 aromatic carbocycles. The van der Waals surface area contributed by atoms with E-state index in [0.29, 0.717) is 0 Å². The van der Waals surface area contributed by atoms with E-state index in [1.807, 2.05) is 19.1 Å². The first-order valence-corrected chi connectivity index (χ1v) is 10.7. The molecule has 0 bridgehead atoms. The van der Waals surface area contributed by atoms with E-state index in [-0.39, 0.29) is 0 Å². The average Bonchev–Trinajstić information content (AvgIpc) is 3.29. The predicted molar refractivity (Wildman–Crippen MR) is 109 cm³/mol. The van der Waals surface area contributed by atoms with Crippen LogP contribution in [0.5, 0.6) is 0 Å². The molecule has 1 fully saturated rings. The van der Waals surface area contributed by atoms with Gasteiger partial charge in [0.2, 0.25) is 0 Å². The number of hydrogen-bond acceptors (Lipinski definition) is 5. The first-order chi connectivity index (χ1) is 13.3. The lowest BCUT2D eigenvalue weighted by Gasteiger charge is -2.25. The number of thioether (sulfide) groups is 1. The maximum absolute atomic E-state index is 5.50. The topological polar surface area (TPSA) is 47.1 Å². The molecule has 3 aromatic rings. The van der Waals surface area contributed by atoms with Gasteiger partial charge in [-0.1, -0.05) is 48.5 Å². The van der Waals surface area contributed by atoms with Crippen molar-refractivity contribution in [2.45, 2.75) is 37.9 Å². The highest BCUT2D eigenvalue weighted by Gasteiger charge is 2.18. The van der Waals surface area contributed by atoms with Crippen molar-refractivity contribution in [3.8, 4) is 11.4 Å². The molecule has 5 nitrogen and oxygen atoms in total. The normalized spacial score (nSPS) is 15.3. The highest BCUT2D eigenvalue weighted by atomic mass is 32.2. The Morgan fingerprint density at radius 3 is 2.59 bits per heavy atom. The van der Waals surface area contributed by atoms with E-state index in [4.69, 9.17) is 4.42 Å². The van der Waals surface area contributed by atoms with Crippen LogP contribution < -0.4 is 0 Å². The van der Waals surface area contributed by atoms with E-state index in [0.717, 1.165) is 41.1 Å². The fourth-order valence-corrected chi connectivity index (χ4v) is 4.51. The summed E-state index contributed by atoms with van der Waals surface area (Å²) in [5.74, 6) is 2.80. The van der Waals surface area contributed by atoms with Gasteiger partial charge in [0.1, 0.15) is 5.76 Å². The summed E-state index contributed by atoms with van der Waals surface area (Å²) in [4.78, 5) is 2.57. The molecule has 1 aliphatic heterocycles. The molecule has 3 heterocycles. The Bertz CT molecular complexity index is 852. The molecule has 0 amide bonds. The van der Waals surface area contributed by atoms with Gasteiger partial charge in [-0.2, -0.15) is 0 Å². The standard InChI is InChI=1S/C21H26N4OS/c1-17-19(10-14-26-17)20-22-23-21(25(20)16-18-8-4-2-5-9-18)27-15-13-24-11-6-3-7-12-24/h2,4-5,8-10,14H,3,6-7,11-13,15-16H2,1H3. The molecule has 0 radical (unpaired) electrons. The molecular formula is C21H26N4OS. The molecule has 0 saturated carbocycles. The molecule has 0 aliphatic carbocycles. The number of likely N-dealkylation sites (tertiary alicyclic amines) is 1. The minimum absolute atomic E-state index is 0.764. The minimum atomic E-state index is 0.764. The van der Waals surface area contributed by atoms with Gasteiger partial charge < -0.3 is 9.32 Å². The average molecular weight is 383 g/mol. The molecule has 2 aromatic heterocycles. The van der Waals surface area contributed by atoms with E-state index < -0.39 is 0 Å². The fourth-order valence-electron chi connectivity index (χ4n) is 3.57. The Hall–Kier alpha value is -2.05. The molecule has 0 unspecified atom stereocenters. The Morgan fingerprint density at radius 2 is 1.85 bits per heavy atom. The lowest BCUT2D eigenvalue weighted by atomic mass is 10.1. The third-order valence-corrected chi connectivity index (χ3v) is 6.03. The second kappa shape index (κ2) is 8.76. The second-order valence-electron chi connectivity index (χ2n) is 7.02. The van der Waals surface area contributed by atoms with Crippen LogP contribution in [0.2, 0.25) is 0 Å². The number of rotatable bonds is 7. The van der Waals surface area contributed by atoms with Crippen molar-refractivity contribution in [2.75, 3.05) is 25.4 Å². The summed E-state index contributed by atoms with van der Waals surface area (Å²) in [6, 6.07) is 12.5. The third kappa shape index (κ3) is 4.45.